The van der Waals surface area contributed by atoms with E-state index >= 15 is 0 Å². The highest BCUT2D eigenvalue weighted by molar-refractivity contribution is 7.89. The maximum absolute atomic E-state index is 12.4. The number of alkyl halides is 3. The summed E-state index contributed by atoms with van der Waals surface area (Å²) in [6, 6.07) is 6.32. The van der Waals surface area contributed by atoms with Crippen molar-refractivity contribution in [3.63, 3.8) is 0 Å². The topological polar surface area (TPSA) is 66.9 Å². The Kier molecular flexibility index (Phi) is 6.30. The molecule has 0 aromatic heterocycles. The molecule has 0 spiro atoms. The molecular formula is C16H21F3N2O4S. The Balaban J connectivity index is 1.94. The molecule has 1 heterocycles. The lowest BCUT2D eigenvalue weighted by Crippen LogP contribution is -2.45. The average molecular weight is 394 g/mol. The fourth-order valence-electron chi connectivity index (χ4n) is 2.90. The lowest BCUT2D eigenvalue weighted by molar-refractivity contribution is -0.186. The molecule has 1 fully saturated rings. The molecule has 0 atom stereocenters. The fourth-order valence-corrected chi connectivity index (χ4v) is 3.87. The molecule has 2 rings (SSSR count). The van der Waals surface area contributed by atoms with Crippen LogP contribution in [0.4, 0.5) is 13.2 Å². The molecule has 0 aliphatic carbocycles. The van der Waals surface area contributed by atoms with Crippen molar-refractivity contribution in [2.75, 3.05) is 27.2 Å². The number of carbonyl (C=O) groups excluding carboxylic acids is 1. The maximum atomic E-state index is 12.4. The van der Waals surface area contributed by atoms with Crippen LogP contribution in [0.2, 0.25) is 0 Å². The number of hydroxylamine groups is 1. The van der Waals surface area contributed by atoms with E-state index < -0.39 is 22.1 Å². The molecule has 0 radical (unpaired) electrons. The normalized spacial score (nSPS) is 16.9. The first kappa shape index (κ1) is 20.7. The van der Waals surface area contributed by atoms with Crippen LogP contribution in [-0.4, -0.2) is 57.1 Å². The van der Waals surface area contributed by atoms with E-state index in [1.807, 2.05) is 0 Å². The number of piperidine rings is 1. The van der Waals surface area contributed by atoms with E-state index in [4.69, 9.17) is 4.84 Å². The summed E-state index contributed by atoms with van der Waals surface area (Å²) in [5.41, 5.74) is 0.893. The maximum Gasteiger partial charge on any atom is 0.471 e. The summed E-state index contributed by atoms with van der Waals surface area (Å²) >= 11 is 0. The van der Waals surface area contributed by atoms with Crippen LogP contribution < -0.4 is 0 Å². The Morgan fingerprint density at radius 2 is 1.77 bits per heavy atom. The molecule has 1 aliphatic heterocycles. The quantitative estimate of drug-likeness (QED) is 0.719. The van der Waals surface area contributed by atoms with Crippen LogP contribution in [0.3, 0.4) is 0 Å². The molecule has 0 saturated carbocycles. The number of rotatable bonds is 5. The van der Waals surface area contributed by atoms with Gasteiger partial charge in [0.05, 0.1) is 12.0 Å². The van der Waals surface area contributed by atoms with E-state index in [9.17, 15) is 26.4 Å². The van der Waals surface area contributed by atoms with Crippen molar-refractivity contribution < 1.29 is 31.2 Å². The van der Waals surface area contributed by atoms with E-state index in [1.165, 1.54) is 26.3 Å². The summed E-state index contributed by atoms with van der Waals surface area (Å²) in [5.74, 6) is -1.64. The van der Waals surface area contributed by atoms with Gasteiger partial charge in [-0.1, -0.05) is 16.6 Å². The van der Waals surface area contributed by atoms with Gasteiger partial charge in [-0.3, -0.25) is 9.63 Å². The van der Waals surface area contributed by atoms with Crippen LogP contribution in [0, 0.1) is 5.92 Å². The van der Waals surface area contributed by atoms with Crippen molar-refractivity contribution in [1.82, 2.24) is 9.37 Å². The Hall–Kier alpha value is -1.65. The summed E-state index contributed by atoms with van der Waals surface area (Å²) in [6.45, 7) is 0.155. The zero-order chi connectivity index (χ0) is 19.5. The number of sulfonamides is 1. The monoisotopic (exact) mass is 394 g/mol. The number of halogens is 3. The molecular weight excluding hydrogens is 373 g/mol. The highest BCUT2D eigenvalue weighted by Gasteiger charge is 2.43. The lowest BCUT2D eigenvalue weighted by Gasteiger charge is -2.32. The highest BCUT2D eigenvalue weighted by atomic mass is 32.2. The first-order valence-corrected chi connectivity index (χ1v) is 9.47. The molecule has 0 unspecified atom stereocenters. The van der Waals surface area contributed by atoms with Gasteiger partial charge in [-0.25, -0.2) is 8.42 Å². The minimum Gasteiger partial charge on any atom is -0.335 e. The number of likely N-dealkylation sites (tertiary alicyclic amines) is 1. The van der Waals surface area contributed by atoms with Crippen LogP contribution in [0.5, 0.6) is 0 Å². The molecule has 0 N–H and O–H groups in total. The smallest absolute Gasteiger partial charge is 0.335 e. The third-order valence-electron chi connectivity index (χ3n) is 4.49. The van der Waals surface area contributed by atoms with Gasteiger partial charge in [0.2, 0.25) is 0 Å². The van der Waals surface area contributed by atoms with Crippen molar-refractivity contribution in [3.8, 4) is 0 Å². The summed E-state index contributed by atoms with van der Waals surface area (Å²) < 4.78 is 62.3. The zero-order valence-corrected chi connectivity index (χ0v) is 15.3. The molecule has 1 saturated heterocycles. The van der Waals surface area contributed by atoms with Gasteiger partial charge in [0.25, 0.3) is 10.0 Å². The highest BCUT2D eigenvalue weighted by Crippen LogP contribution is 2.26. The van der Waals surface area contributed by atoms with Gasteiger partial charge in [-0.2, -0.15) is 13.2 Å². The van der Waals surface area contributed by atoms with Gasteiger partial charge in [-0.05, 0) is 42.9 Å². The molecule has 10 heteroatoms. The van der Waals surface area contributed by atoms with E-state index in [0.29, 0.717) is 19.3 Å². The van der Waals surface area contributed by atoms with Crippen LogP contribution in [0.1, 0.15) is 18.4 Å². The van der Waals surface area contributed by atoms with Crippen LogP contribution in [0.25, 0.3) is 0 Å². The van der Waals surface area contributed by atoms with Gasteiger partial charge in [-0.15, -0.1) is 0 Å². The van der Waals surface area contributed by atoms with Crippen LogP contribution >= 0.6 is 0 Å². The molecule has 1 aliphatic rings. The summed E-state index contributed by atoms with van der Waals surface area (Å²) in [6.07, 6.45) is -3.25. The van der Waals surface area contributed by atoms with Crippen molar-refractivity contribution in [1.29, 1.82) is 0 Å². The predicted octanol–water partition coefficient (Wildman–Crippen LogP) is 2.21. The predicted molar refractivity (Wildman–Crippen MR) is 87.5 cm³/mol. The second-order valence-electron chi connectivity index (χ2n) is 6.18. The molecule has 1 aromatic rings. The second-order valence-corrected chi connectivity index (χ2v) is 8.11. The van der Waals surface area contributed by atoms with Crippen LogP contribution in [-0.2, 0) is 26.1 Å². The third-order valence-corrected chi connectivity index (χ3v) is 6.18. The molecule has 6 nitrogen and oxygen atoms in total. The van der Waals surface area contributed by atoms with E-state index in [2.05, 4.69) is 0 Å². The molecule has 26 heavy (non-hydrogen) atoms. The molecule has 0 bridgehead atoms. The van der Waals surface area contributed by atoms with E-state index in [1.54, 1.807) is 12.1 Å². The number of benzene rings is 1. The van der Waals surface area contributed by atoms with Crippen molar-refractivity contribution in [2.24, 2.45) is 5.92 Å². The number of nitrogens with zero attached hydrogens (tertiary/aromatic N) is 2. The first-order valence-electron chi connectivity index (χ1n) is 8.03. The number of hydrogen-bond acceptors (Lipinski definition) is 4. The van der Waals surface area contributed by atoms with Crippen LogP contribution in [0.15, 0.2) is 29.2 Å². The van der Waals surface area contributed by atoms with Gasteiger partial charge in [0.1, 0.15) is 0 Å². The van der Waals surface area contributed by atoms with Gasteiger partial charge in [0.15, 0.2) is 0 Å². The Bertz CT molecular complexity index is 727. The Morgan fingerprint density at radius 1 is 1.23 bits per heavy atom. The van der Waals surface area contributed by atoms with Gasteiger partial charge >= 0.3 is 12.1 Å². The Morgan fingerprint density at radius 3 is 2.23 bits per heavy atom. The number of carbonyl (C=O) groups is 1. The standard InChI is InChI=1S/C16H21F3N2O4S/c1-20(25-2)26(23,24)14-5-3-12(4-6-14)11-13-7-9-21(10-8-13)15(22)16(17,18)19/h3-6,13H,7-11H2,1-2H3. The Labute approximate surface area is 150 Å². The third kappa shape index (κ3) is 4.74. The molecule has 1 amide bonds. The first-order chi connectivity index (χ1) is 12.1. The average Bonchev–Trinajstić information content (AvgIpc) is 2.60. The molecule has 146 valence electrons. The van der Waals surface area contributed by atoms with Crippen molar-refractivity contribution in [2.45, 2.75) is 30.3 Å². The minimum absolute atomic E-state index is 0.0775. The summed E-state index contributed by atoms with van der Waals surface area (Å²) in [4.78, 5) is 16.9. The fraction of sp³-hybridized carbons (Fsp3) is 0.562. The van der Waals surface area contributed by atoms with Gasteiger partial charge < -0.3 is 4.90 Å². The van der Waals surface area contributed by atoms with E-state index in [0.717, 1.165) is 14.9 Å². The van der Waals surface area contributed by atoms with Gasteiger partial charge in [0, 0.05) is 20.1 Å². The zero-order valence-electron chi connectivity index (χ0n) is 14.5. The number of amides is 1. The van der Waals surface area contributed by atoms with Crippen molar-refractivity contribution in [3.05, 3.63) is 29.8 Å². The summed E-state index contributed by atoms with van der Waals surface area (Å²) in [5, 5.41) is 0. The largest absolute Gasteiger partial charge is 0.471 e. The minimum atomic E-state index is -4.83. The lowest BCUT2D eigenvalue weighted by atomic mass is 9.90. The SMILES string of the molecule is CON(C)S(=O)(=O)c1ccc(CC2CCN(C(=O)C(F)(F)F)CC2)cc1. The number of hydrogen-bond donors (Lipinski definition) is 0. The van der Waals surface area contributed by atoms with E-state index in [-0.39, 0.29) is 23.9 Å². The summed E-state index contributed by atoms with van der Waals surface area (Å²) in [7, 11) is -1.17. The van der Waals surface area contributed by atoms with Crippen molar-refractivity contribution >= 4 is 15.9 Å². The molecule has 1 aromatic carbocycles. The second kappa shape index (κ2) is 7.93.